The lowest BCUT2D eigenvalue weighted by Gasteiger charge is -2.09. The molecule has 31 heavy (non-hydrogen) atoms. The van der Waals surface area contributed by atoms with Gasteiger partial charge in [-0.25, -0.2) is 4.98 Å². The molecule has 0 saturated carbocycles. The minimum absolute atomic E-state index is 0.120. The molecule has 0 fully saturated rings. The van der Waals surface area contributed by atoms with E-state index in [9.17, 15) is 4.79 Å². The van der Waals surface area contributed by atoms with Crippen LogP contribution in [-0.2, 0) is 6.42 Å². The van der Waals surface area contributed by atoms with Gasteiger partial charge in [0.2, 0.25) is 0 Å². The second kappa shape index (κ2) is 7.89. The molecule has 2 heterocycles. The molecule has 0 radical (unpaired) electrons. The summed E-state index contributed by atoms with van der Waals surface area (Å²) < 4.78 is 10.7. The first-order chi connectivity index (χ1) is 15.2. The Balaban J connectivity index is 1.53. The minimum Gasteiger partial charge on any atom is -0.493 e. The largest absolute Gasteiger partial charge is 0.493 e. The summed E-state index contributed by atoms with van der Waals surface area (Å²) >= 11 is 1.49. The first kappa shape index (κ1) is 19.3. The van der Waals surface area contributed by atoms with Gasteiger partial charge in [0.1, 0.15) is 10.7 Å². The van der Waals surface area contributed by atoms with Gasteiger partial charge in [0, 0.05) is 17.4 Å². The average molecular weight is 429 g/mol. The van der Waals surface area contributed by atoms with Crippen molar-refractivity contribution in [3.8, 4) is 22.6 Å². The summed E-state index contributed by atoms with van der Waals surface area (Å²) in [7, 11) is 3.21. The van der Waals surface area contributed by atoms with E-state index in [1.54, 1.807) is 14.2 Å². The predicted octanol–water partition coefficient (Wildman–Crippen LogP) is 5.41. The molecule has 0 unspecified atom stereocenters. The summed E-state index contributed by atoms with van der Waals surface area (Å²) in [5, 5.41) is 4.97. The Morgan fingerprint density at radius 3 is 2.55 bits per heavy atom. The lowest BCUT2D eigenvalue weighted by molar-refractivity contribution is 0.354. The highest BCUT2D eigenvalue weighted by Crippen LogP contribution is 2.33. The fourth-order valence-electron chi connectivity index (χ4n) is 3.83. The number of hydrogen-bond donors (Lipinski definition) is 1. The van der Waals surface area contributed by atoms with Crippen molar-refractivity contribution in [2.24, 2.45) is 0 Å². The van der Waals surface area contributed by atoms with Gasteiger partial charge in [-0.15, -0.1) is 11.3 Å². The van der Waals surface area contributed by atoms with E-state index >= 15 is 0 Å². The number of hydrogen-bond acceptors (Lipinski definition) is 5. The highest BCUT2D eigenvalue weighted by atomic mass is 32.1. The van der Waals surface area contributed by atoms with Crippen molar-refractivity contribution < 1.29 is 9.47 Å². The highest BCUT2D eigenvalue weighted by molar-refractivity contribution is 7.17. The number of ether oxygens (including phenoxy) is 2. The molecule has 0 spiro atoms. The third-order valence-corrected chi connectivity index (χ3v) is 6.25. The van der Waals surface area contributed by atoms with Crippen molar-refractivity contribution in [1.82, 2.24) is 9.97 Å². The Hall–Kier alpha value is -3.64. The molecular formula is C25H20N2O3S. The number of nitrogens with one attached hydrogen (secondary N) is 1. The standard InChI is InChI=1S/C25H20N2O3S/c1-29-20-10-7-15(11-21(20)30-2)12-22-26-24(28)23-19(14-31-25(23)27-22)18-9-8-16-5-3-4-6-17(16)13-18/h3-11,13-14H,12H2,1-2H3,(H,26,27,28). The molecule has 5 nitrogen and oxygen atoms in total. The molecule has 5 rings (SSSR count). The lowest BCUT2D eigenvalue weighted by atomic mass is 10.0. The van der Waals surface area contributed by atoms with E-state index in [4.69, 9.17) is 14.5 Å². The van der Waals surface area contributed by atoms with Gasteiger partial charge in [0.15, 0.2) is 11.5 Å². The van der Waals surface area contributed by atoms with Crippen LogP contribution in [-0.4, -0.2) is 24.2 Å². The third-order valence-electron chi connectivity index (χ3n) is 5.37. The summed E-state index contributed by atoms with van der Waals surface area (Å²) in [4.78, 5) is 21.4. The number of fused-ring (bicyclic) bond motifs is 2. The SMILES string of the molecule is COc1ccc(Cc2nc3scc(-c4ccc5ccccc5c4)c3c(=O)[nH]2)cc1OC. The molecule has 0 aliphatic heterocycles. The van der Waals surface area contributed by atoms with Crippen molar-refractivity contribution >= 4 is 32.3 Å². The van der Waals surface area contributed by atoms with Crippen LogP contribution in [0.1, 0.15) is 11.4 Å². The van der Waals surface area contributed by atoms with Crippen molar-refractivity contribution in [3.05, 3.63) is 87.8 Å². The average Bonchev–Trinajstić information content (AvgIpc) is 3.23. The number of H-pyrrole nitrogens is 1. The highest BCUT2D eigenvalue weighted by Gasteiger charge is 2.14. The van der Waals surface area contributed by atoms with E-state index in [0.29, 0.717) is 29.1 Å². The molecule has 154 valence electrons. The number of rotatable bonds is 5. The molecule has 0 aliphatic rings. The Bertz CT molecular complexity index is 1470. The van der Waals surface area contributed by atoms with Gasteiger partial charge in [0.25, 0.3) is 5.56 Å². The normalized spacial score (nSPS) is 11.2. The number of nitrogens with zero attached hydrogens (tertiary/aromatic N) is 1. The van der Waals surface area contributed by atoms with Gasteiger partial charge in [-0.2, -0.15) is 0 Å². The van der Waals surface area contributed by atoms with Gasteiger partial charge in [0.05, 0.1) is 19.6 Å². The van der Waals surface area contributed by atoms with Crippen LogP contribution in [0.2, 0.25) is 0 Å². The summed E-state index contributed by atoms with van der Waals surface area (Å²) in [6.45, 7) is 0. The van der Waals surface area contributed by atoms with Crippen molar-refractivity contribution in [2.45, 2.75) is 6.42 Å². The van der Waals surface area contributed by atoms with Crippen molar-refractivity contribution in [2.75, 3.05) is 14.2 Å². The van der Waals surface area contributed by atoms with Gasteiger partial charge in [-0.05, 0) is 40.1 Å². The van der Waals surface area contributed by atoms with E-state index in [-0.39, 0.29) is 5.56 Å². The monoisotopic (exact) mass is 428 g/mol. The van der Waals surface area contributed by atoms with E-state index in [0.717, 1.165) is 26.9 Å². The van der Waals surface area contributed by atoms with Gasteiger partial charge in [-0.3, -0.25) is 4.79 Å². The van der Waals surface area contributed by atoms with Crippen LogP contribution in [0.5, 0.6) is 11.5 Å². The van der Waals surface area contributed by atoms with Crippen LogP contribution < -0.4 is 15.0 Å². The number of methoxy groups -OCH3 is 2. The Morgan fingerprint density at radius 2 is 1.74 bits per heavy atom. The van der Waals surface area contributed by atoms with Crippen LogP contribution in [0.4, 0.5) is 0 Å². The fraction of sp³-hybridized carbons (Fsp3) is 0.120. The van der Waals surface area contributed by atoms with Crippen LogP contribution in [0.25, 0.3) is 32.1 Å². The zero-order valence-corrected chi connectivity index (χ0v) is 18.0. The van der Waals surface area contributed by atoms with Crippen LogP contribution >= 0.6 is 11.3 Å². The van der Waals surface area contributed by atoms with Crippen LogP contribution in [0, 0.1) is 0 Å². The maximum atomic E-state index is 13.0. The Morgan fingerprint density at radius 1 is 0.935 bits per heavy atom. The molecule has 5 aromatic rings. The molecule has 1 N–H and O–H groups in total. The number of thiophene rings is 1. The van der Waals surface area contributed by atoms with Gasteiger partial charge >= 0.3 is 0 Å². The zero-order valence-electron chi connectivity index (χ0n) is 17.1. The summed E-state index contributed by atoms with van der Waals surface area (Å²) in [5.74, 6) is 1.94. The first-order valence-electron chi connectivity index (χ1n) is 9.87. The second-order valence-corrected chi connectivity index (χ2v) is 8.13. The summed E-state index contributed by atoms with van der Waals surface area (Å²) in [5.41, 5.74) is 2.79. The lowest BCUT2D eigenvalue weighted by Crippen LogP contribution is -2.11. The summed E-state index contributed by atoms with van der Waals surface area (Å²) in [6.07, 6.45) is 0.495. The predicted molar refractivity (Wildman–Crippen MR) is 126 cm³/mol. The second-order valence-electron chi connectivity index (χ2n) is 7.27. The van der Waals surface area contributed by atoms with Gasteiger partial charge < -0.3 is 14.5 Å². The van der Waals surface area contributed by atoms with E-state index in [2.05, 4.69) is 35.3 Å². The first-order valence-corrected chi connectivity index (χ1v) is 10.7. The van der Waals surface area contributed by atoms with Crippen molar-refractivity contribution in [3.63, 3.8) is 0 Å². The molecular weight excluding hydrogens is 408 g/mol. The Labute approximate surface area is 182 Å². The molecule has 0 atom stereocenters. The molecule has 0 aliphatic carbocycles. The smallest absolute Gasteiger partial charge is 0.260 e. The fourth-order valence-corrected chi connectivity index (χ4v) is 4.80. The molecule has 0 bridgehead atoms. The number of aromatic nitrogens is 2. The number of benzene rings is 3. The van der Waals surface area contributed by atoms with E-state index < -0.39 is 0 Å². The van der Waals surface area contributed by atoms with Crippen molar-refractivity contribution in [1.29, 1.82) is 0 Å². The maximum Gasteiger partial charge on any atom is 0.260 e. The molecule has 2 aromatic heterocycles. The number of aromatic amines is 1. The molecule has 0 saturated heterocycles. The topological polar surface area (TPSA) is 64.2 Å². The molecule has 6 heteroatoms. The maximum absolute atomic E-state index is 13.0. The minimum atomic E-state index is -0.120. The zero-order chi connectivity index (χ0) is 21.4. The molecule has 0 amide bonds. The van der Waals surface area contributed by atoms with Crippen LogP contribution in [0.15, 0.2) is 70.8 Å². The van der Waals surface area contributed by atoms with Crippen LogP contribution in [0.3, 0.4) is 0 Å². The van der Waals surface area contributed by atoms with E-state index in [1.165, 1.54) is 16.7 Å². The van der Waals surface area contributed by atoms with Gasteiger partial charge in [-0.1, -0.05) is 42.5 Å². The summed E-state index contributed by atoms with van der Waals surface area (Å²) in [6, 6.07) is 20.2. The van der Waals surface area contributed by atoms with E-state index in [1.807, 2.05) is 35.7 Å². The quantitative estimate of drug-likeness (QED) is 0.406. The Kier molecular flexibility index (Phi) is 4.92. The molecule has 3 aromatic carbocycles. The third kappa shape index (κ3) is 3.55.